The molecule has 0 radical (unpaired) electrons. The van der Waals surface area contributed by atoms with Crippen LogP contribution in [0.25, 0.3) is 0 Å². The molecule has 0 aromatic heterocycles. The van der Waals surface area contributed by atoms with E-state index in [4.69, 9.17) is 4.74 Å². The SMILES string of the molecule is CCOC(=O)[C@H]1C[C@@H](C(=O)c2ccccc2)N2N=Cc3ccccc3[C@@H]12. The van der Waals surface area contributed by atoms with Crippen molar-refractivity contribution in [3.63, 3.8) is 0 Å². The zero-order valence-corrected chi connectivity index (χ0v) is 14.5. The Balaban J connectivity index is 1.73. The summed E-state index contributed by atoms with van der Waals surface area (Å²) in [6, 6.07) is 16.3. The Morgan fingerprint density at radius 3 is 2.62 bits per heavy atom. The van der Waals surface area contributed by atoms with Gasteiger partial charge in [-0.05, 0) is 24.5 Å². The molecule has 0 saturated carbocycles. The number of hydrazone groups is 1. The molecule has 5 nitrogen and oxygen atoms in total. The molecule has 3 atom stereocenters. The van der Waals surface area contributed by atoms with Crippen molar-refractivity contribution >= 4 is 18.0 Å². The summed E-state index contributed by atoms with van der Waals surface area (Å²) in [7, 11) is 0. The fraction of sp³-hybridized carbons (Fsp3) is 0.286. The van der Waals surface area contributed by atoms with Crippen LogP contribution in [0.4, 0.5) is 0 Å². The summed E-state index contributed by atoms with van der Waals surface area (Å²) in [5, 5.41) is 6.32. The summed E-state index contributed by atoms with van der Waals surface area (Å²) in [6.07, 6.45) is 2.17. The Labute approximate surface area is 152 Å². The topological polar surface area (TPSA) is 59.0 Å². The molecule has 2 heterocycles. The highest BCUT2D eigenvalue weighted by Crippen LogP contribution is 2.45. The van der Waals surface area contributed by atoms with Gasteiger partial charge in [0.15, 0.2) is 5.78 Å². The van der Waals surface area contributed by atoms with Crippen molar-refractivity contribution in [3.8, 4) is 0 Å². The molecule has 2 aromatic carbocycles. The molecular weight excluding hydrogens is 328 g/mol. The van der Waals surface area contributed by atoms with Crippen LogP contribution in [0.1, 0.15) is 40.9 Å². The second-order valence-electron chi connectivity index (χ2n) is 6.54. The van der Waals surface area contributed by atoms with Crippen LogP contribution >= 0.6 is 0 Å². The third kappa shape index (κ3) is 2.69. The molecule has 4 rings (SSSR count). The number of hydrogen-bond donors (Lipinski definition) is 0. The Morgan fingerprint density at radius 1 is 1.12 bits per heavy atom. The normalized spacial score (nSPS) is 23.3. The highest BCUT2D eigenvalue weighted by Gasteiger charge is 2.50. The van der Waals surface area contributed by atoms with Crippen LogP contribution < -0.4 is 0 Å². The first kappa shape index (κ1) is 16.5. The van der Waals surface area contributed by atoms with Crippen LogP contribution in [0, 0.1) is 5.92 Å². The third-order valence-electron chi connectivity index (χ3n) is 5.06. The van der Waals surface area contributed by atoms with E-state index in [1.54, 1.807) is 30.3 Å². The molecule has 5 heteroatoms. The molecule has 0 spiro atoms. The molecule has 1 saturated heterocycles. The average Bonchev–Trinajstić information content (AvgIpc) is 3.08. The summed E-state index contributed by atoms with van der Waals surface area (Å²) < 4.78 is 5.29. The molecule has 132 valence electrons. The maximum absolute atomic E-state index is 13.1. The molecule has 1 fully saturated rings. The van der Waals surface area contributed by atoms with Gasteiger partial charge in [-0.3, -0.25) is 14.6 Å². The standard InChI is InChI=1S/C21H20N2O3/c1-2-26-21(25)17-12-18(20(24)14-8-4-3-5-9-14)23-19(17)16-11-7-6-10-15(16)13-22-23/h3-11,13,17-19H,2,12H2,1H3/t17-,18-,19-/m0/s1. The lowest BCUT2D eigenvalue weighted by Crippen LogP contribution is -2.36. The van der Waals surface area contributed by atoms with E-state index in [-0.39, 0.29) is 17.8 Å². The van der Waals surface area contributed by atoms with Crippen LogP contribution in [-0.4, -0.2) is 35.6 Å². The van der Waals surface area contributed by atoms with Gasteiger partial charge in [0.1, 0.15) is 6.04 Å². The van der Waals surface area contributed by atoms with Gasteiger partial charge in [0, 0.05) is 5.56 Å². The van der Waals surface area contributed by atoms with Crippen LogP contribution in [-0.2, 0) is 9.53 Å². The predicted molar refractivity (Wildman–Crippen MR) is 97.9 cm³/mol. The molecule has 2 aliphatic heterocycles. The summed E-state index contributed by atoms with van der Waals surface area (Å²) >= 11 is 0. The van der Waals surface area contributed by atoms with E-state index >= 15 is 0 Å². The molecule has 0 amide bonds. The van der Waals surface area contributed by atoms with E-state index in [1.165, 1.54) is 0 Å². The van der Waals surface area contributed by atoms with E-state index in [2.05, 4.69) is 5.10 Å². The summed E-state index contributed by atoms with van der Waals surface area (Å²) in [6.45, 7) is 2.12. The first-order chi connectivity index (χ1) is 12.7. The Kier molecular flexibility index (Phi) is 4.29. The first-order valence-electron chi connectivity index (χ1n) is 8.88. The van der Waals surface area contributed by atoms with Gasteiger partial charge in [-0.25, -0.2) is 0 Å². The Bertz CT molecular complexity index is 863. The number of carbonyl (C=O) groups is 2. The Morgan fingerprint density at radius 2 is 1.85 bits per heavy atom. The third-order valence-corrected chi connectivity index (χ3v) is 5.06. The maximum Gasteiger partial charge on any atom is 0.311 e. The number of esters is 1. The number of nitrogens with zero attached hydrogens (tertiary/aromatic N) is 2. The summed E-state index contributed by atoms with van der Waals surface area (Å²) in [5.74, 6) is -0.692. The van der Waals surface area contributed by atoms with E-state index < -0.39 is 12.0 Å². The van der Waals surface area contributed by atoms with Crippen LogP contribution in [0.3, 0.4) is 0 Å². The van der Waals surface area contributed by atoms with Crippen molar-refractivity contribution in [2.45, 2.75) is 25.4 Å². The lowest BCUT2D eigenvalue weighted by Gasteiger charge is -2.32. The number of hydrogen-bond acceptors (Lipinski definition) is 5. The number of carbonyl (C=O) groups excluding carboxylic acids is 2. The second kappa shape index (κ2) is 6.75. The van der Waals surface area contributed by atoms with Crippen molar-refractivity contribution in [2.75, 3.05) is 6.61 Å². The van der Waals surface area contributed by atoms with Crippen molar-refractivity contribution in [2.24, 2.45) is 11.0 Å². The molecule has 26 heavy (non-hydrogen) atoms. The van der Waals surface area contributed by atoms with Gasteiger partial charge in [0.05, 0.1) is 24.8 Å². The van der Waals surface area contributed by atoms with E-state index in [1.807, 2.05) is 42.5 Å². The zero-order valence-electron chi connectivity index (χ0n) is 14.5. The van der Waals surface area contributed by atoms with Gasteiger partial charge in [0.2, 0.25) is 0 Å². The molecule has 0 N–H and O–H groups in total. The molecule has 2 aliphatic rings. The lowest BCUT2D eigenvalue weighted by atomic mass is 9.89. The van der Waals surface area contributed by atoms with Crippen LogP contribution in [0.5, 0.6) is 0 Å². The van der Waals surface area contributed by atoms with Gasteiger partial charge in [-0.2, -0.15) is 5.10 Å². The smallest absolute Gasteiger partial charge is 0.311 e. The molecule has 0 bridgehead atoms. The number of Topliss-reactive ketones (excluding diaryl/α,β-unsaturated/α-hetero) is 1. The highest BCUT2D eigenvalue weighted by molar-refractivity contribution is 6.01. The Hall–Kier alpha value is -2.95. The van der Waals surface area contributed by atoms with Crippen LogP contribution in [0.2, 0.25) is 0 Å². The summed E-state index contributed by atoms with van der Waals surface area (Å²) in [4.78, 5) is 25.7. The fourth-order valence-corrected chi connectivity index (χ4v) is 3.89. The predicted octanol–water partition coefficient (Wildman–Crippen LogP) is 3.21. The van der Waals surface area contributed by atoms with Gasteiger partial charge >= 0.3 is 5.97 Å². The average molecular weight is 348 g/mol. The van der Waals surface area contributed by atoms with Gasteiger partial charge in [-0.1, -0.05) is 54.6 Å². The van der Waals surface area contributed by atoms with Gasteiger partial charge in [0.25, 0.3) is 0 Å². The monoisotopic (exact) mass is 348 g/mol. The highest BCUT2D eigenvalue weighted by atomic mass is 16.5. The first-order valence-corrected chi connectivity index (χ1v) is 8.88. The van der Waals surface area contributed by atoms with Gasteiger partial charge < -0.3 is 4.74 Å². The summed E-state index contributed by atoms with van der Waals surface area (Å²) in [5.41, 5.74) is 2.63. The van der Waals surface area contributed by atoms with E-state index in [0.717, 1.165) is 11.1 Å². The minimum absolute atomic E-state index is 0.0149. The molecule has 0 aliphatic carbocycles. The number of benzene rings is 2. The molecular formula is C21H20N2O3. The second-order valence-corrected chi connectivity index (χ2v) is 6.54. The van der Waals surface area contributed by atoms with Gasteiger partial charge in [-0.15, -0.1) is 0 Å². The number of ether oxygens (including phenoxy) is 1. The van der Waals surface area contributed by atoms with E-state index in [0.29, 0.717) is 18.6 Å². The van der Waals surface area contributed by atoms with Crippen LogP contribution in [0.15, 0.2) is 59.7 Å². The largest absolute Gasteiger partial charge is 0.466 e. The number of fused-ring (bicyclic) bond motifs is 3. The van der Waals surface area contributed by atoms with Crippen molar-refractivity contribution < 1.29 is 14.3 Å². The zero-order chi connectivity index (χ0) is 18.1. The molecule has 0 unspecified atom stereocenters. The lowest BCUT2D eigenvalue weighted by molar-refractivity contribution is -0.149. The maximum atomic E-state index is 13.1. The van der Waals surface area contributed by atoms with E-state index in [9.17, 15) is 9.59 Å². The van der Waals surface area contributed by atoms with Crippen molar-refractivity contribution in [3.05, 3.63) is 71.3 Å². The minimum Gasteiger partial charge on any atom is -0.466 e. The molecule has 2 aromatic rings. The quantitative estimate of drug-likeness (QED) is 0.629. The number of ketones is 1. The van der Waals surface area contributed by atoms with Crippen molar-refractivity contribution in [1.29, 1.82) is 0 Å². The van der Waals surface area contributed by atoms with Crippen molar-refractivity contribution in [1.82, 2.24) is 5.01 Å². The number of rotatable bonds is 4. The minimum atomic E-state index is -0.471. The fourth-order valence-electron chi connectivity index (χ4n) is 3.89.